The number of carboxylic acids is 1. The fourth-order valence-electron chi connectivity index (χ4n) is 3.85. The molecule has 0 aliphatic rings. The lowest BCUT2D eigenvalue weighted by atomic mass is 10.0. The second-order valence-electron chi connectivity index (χ2n) is 7.77. The average molecular weight is 470 g/mol. The smallest absolute Gasteiger partial charge is 0.335 e. The van der Waals surface area contributed by atoms with Gasteiger partial charge in [-0.2, -0.15) is 0 Å². The van der Waals surface area contributed by atoms with Gasteiger partial charge in [0.1, 0.15) is 5.69 Å². The molecule has 0 aliphatic heterocycles. The van der Waals surface area contributed by atoms with Gasteiger partial charge in [-0.05, 0) is 65.4 Å². The summed E-state index contributed by atoms with van der Waals surface area (Å²) in [7, 11) is 0. The van der Waals surface area contributed by atoms with E-state index in [1.807, 2.05) is 23.6 Å². The summed E-state index contributed by atoms with van der Waals surface area (Å²) >= 11 is 1.65. The van der Waals surface area contributed by atoms with Crippen molar-refractivity contribution in [3.05, 3.63) is 83.2 Å². The quantitative estimate of drug-likeness (QED) is 0.201. The van der Waals surface area contributed by atoms with E-state index in [4.69, 9.17) is 0 Å². The van der Waals surface area contributed by atoms with E-state index < -0.39 is 5.97 Å². The van der Waals surface area contributed by atoms with Crippen LogP contribution in [0.5, 0.6) is 11.6 Å². The molecule has 0 amide bonds. The minimum Gasteiger partial charge on any atom is -0.505 e. The number of carboxylic acid groups (broad SMARTS) is 1. The first-order valence-electron chi connectivity index (χ1n) is 10.4. The van der Waals surface area contributed by atoms with Crippen LogP contribution in [0.2, 0.25) is 0 Å². The molecule has 8 heteroatoms. The summed E-state index contributed by atoms with van der Waals surface area (Å²) < 4.78 is 0. The van der Waals surface area contributed by atoms with Gasteiger partial charge in [0.2, 0.25) is 5.88 Å². The van der Waals surface area contributed by atoms with Gasteiger partial charge in [-0.1, -0.05) is 30.3 Å². The van der Waals surface area contributed by atoms with Crippen molar-refractivity contribution in [1.82, 2.24) is 4.98 Å². The van der Waals surface area contributed by atoms with Crippen LogP contribution in [0.1, 0.15) is 15.9 Å². The zero-order valence-electron chi connectivity index (χ0n) is 18.0. The van der Waals surface area contributed by atoms with Crippen LogP contribution in [0.3, 0.4) is 0 Å². The number of carbonyl (C=O) groups is 1. The predicted molar refractivity (Wildman–Crippen MR) is 133 cm³/mol. The molecule has 0 bridgehead atoms. The number of aromatic carboxylic acids is 1. The zero-order valence-corrected chi connectivity index (χ0v) is 18.8. The van der Waals surface area contributed by atoms with Crippen LogP contribution in [0.4, 0.5) is 11.4 Å². The van der Waals surface area contributed by atoms with E-state index in [2.05, 4.69) is 28.2 Å². The first-order chi connectivity index (χ1) is 16.4. The van der Waals surface area contributed by atoms with E-state index in [0.29, 0.717) is 16.5 Å². The molecule has 0 atom stereocenters. The molecule has 5 aromatic rings. The third-order valence-electron chi connectivity index (χ3n) is 5.57. The Bertz CT molecular complexity index is 1580. The molecular formula is C26H19N3O4S. The van der Waals surface area contributed by atoms with Gasteiger partial charge in [-0.15, -0.1) is 21.6 Å². The number of benzene rings is 3. The van der Waals surface area contributed by atoms with Crippen LogP contribution in [0.15, 0.2) is 82.3 Å². The number of aromatic amines is 1. The number of nitrogens with zero attached hydrogens (tertiary/aromatic N) is 2. The van der Waals surface area contributed by atoms with Gasteiger partial charge >= 0.3 is 5.97 Å². The SMILES string of the molecule is Cc1ccsc1-c1ccc2c(N=Nc3cccc(-c4cccc(C(=O)O)c4)c3O)c(O)[nH]c2c1. The largest absolute Gasteiger partial charge is 0.505 e. The number of azo groups is 1. The van der Waals surface area contributed by atoms with Gasteiger partial charge in [0.15, 0.2) is 11.4 Å². The highest BCUT2D eigenvalue weighted by atomic mass is 32.1. The topological polar surface area (TPSA) is 118 Å². The van der Waals surface area contributed by atoms with Crippen LogP contribution >= 0.6 is 11.3 Å². The second-order valence-corrected chi connectivity index (χ2v) is 8.69. The highest BCUT2D eigenvalue weighted by Crippen LogP contribution is 2.42. The maximum atomic E-state index is 11.3. The number of phenolic OH excluding ortho intramolecular Hbond substituents is 1. The van der Waals surface area contributed by atoms with Crippen molar-refractivity contribution < 1.29 is 20.1 Å². The number of para-hydroxylation sites is 1. The number of thiophene rings is 1. The third-order valence-corrected chi connectivity index (χ3v) is 6.63. The van der Waals surface area contributed by atoms with E-state index in [0.717, 1.165) is 16.0 Å². The monoisotopic (exact) mass is 469 g/mol. The number of fused-ring (bicyclic) bond motifs is 1. The van der Waals surface area contributed by atoms with Crippen LogP contribution < -0.4 is 0 Å². The normalized spacial score (nSPS) is 11.4. The highest BCUT2D eigenvalue weighted by Gasteiger charge is 2.14. The molecule has 0 fully saturated rings. The van der Waals surface area contributed by atoms with E-state index in [1.54, 1.807) is 41.7 Å². The summed E-state index contributed by atoms with van der Waals surface area (Å²) in [6.07, 6.45) is 0. The first-order valence-corrected chi connectivity index (χ1v) is 11.3. The summed E-state index contributed by atoms with van der Waals surface area (Å²) in [6, 6.07) is 19.1. The predicted octanol–water partition coefficient (Wildman–Crippen LogP) is 7.40. The molecule has 2 aromatic heterocycles. The lowest BCUT2D eigenvalue weighted by Gasteiger charge is -2.07. The van der Waals surface area contributed by atoms with E-state index in [9.17, 15) is 20.1 Å². The fraction of sp³-hybridized carbons (Fsp3) is 0.0385. The molecular weight excluding hydrogens is 450 g/mol. The third kappa shape index (κ3) is 3.80. The van der Waals surface area contributed by atoms with E-state index in [1.165, 1.54) is 17.7 Å². The Morgan fingerprint density at radius 1 is 0.941 bits per heavy atom. The Morgan fingerprint density at radius 2 is 1.76 bits per heavy atom. The molecule has 7 nitrogen and oxygen atoms in total. The standard InChI is InChI=1S/C26H19N3O4S/c1-14-10-11-34-24(14)16-8-9-19-21(13-16)27-25(31)22(19)29-28-20-7-3-6-18(23(20)30)15-4-2-5-17(12-15)26(32)33/h2-13,27,30-31H,1H3,(H,32,33). The van der Waals surface area contributed by atoms with Crippen molar-refractivity contribution in [3.8, 4) is 33.2 Å². The summed E-state index contributed by atoms with van der Waals surface area (Å²) in [6.45, 7) is 2.06. The number of aromatic nitrogens is 1. The lowest BCUT2D eigenvalue weighted by Crippen LogP contribution is -1.95. The minimum absolute atomic E-state index is 0.116. The summed E-state index contributed by atoms with van der Waals surface area (Å²) in [4.78, 5) is 15.4. The summed E-state index contributed by atoms with van der Waals surface area (Å²) in [5.41, 5.74) is 4.49. The highest BCUT2D eigenvalue weighted by molar-refractivity contribution is 7.13. The molecule has 0 aliphatic carbocycles. The number of aryl methyl sites for hydroxylation is 1. The van der Waals surface area contributed by atoms with Crippen molar-refractivity contribution in [3.63, 3.8) is 0 Å². The Balaban J connectivity index is 1.51. The first kappa shape index (κ1) is 21.4. The number of H-pyrrole nitrogens is 1. The molecule has 2 heterocycles. The molecule has 34 heavy (non-hydrogen) atoms. The van der Waals surface area contributed by atoms with E-state index >= 15 is 0 Å². The van der Waals surface area contributed by atoms with Crippen LogP contribution in [0, 0.1) is 6.92 Å². The van der Waals surface area contributed by atoms with Gasteiger partial charge in [0, 0.05) is 15.8 Å². The number of hydrogen-bond acceptors (Lipinski definition) is 6. The summed E-state index contributed by atoms with van der Waals surface area (Å²) in [5.74, 6) is -1.31. The lowest BCUT2D eigenvalue weighted by molar-refractivity contribution is 0.0697. The maximum absolute atomic E-state index is 11.3. The average Bonchev–Trinajstić information content (AvgIpc) is 3.40. The molecule has 0 spiro atoms. The summed E-state index contributed by atoms with van der Waals surface area (Å²) in [5, 5.41) is 41.6. The van der Waals surface area contributed by atoms with Gasteiger partial charge in [0.25, 0.3) is 0 Å². The Hall–Kier alpha value is -4.43. The zero-order chi connectivity index (χ0) is 23.8. The number of hydrogen-bond donors (Lipinski definition) is 4. The number of phenols is 1. The molecule has 168 valence electrons. The Kier molecular flexibility index (Phi) is 5.35. The number of rotatable bonds is 5. The number of nitrogens with one attached hydrogen (secondary N) is 1. The van der Waals surface area contributed by atoms with Gasteiger partial charge in [-0.3, -0.25) is 0 Å². The molecule has 4 N–H and O–H groups in total. The van der Waals surface area contributed by atoms with Crippen LogP contribution in [0.25, 0.3) is 32.5 Å². The Labute approximate surface area is 198 Å². The molecule has 0 unspecified atom stereocenters. The van der Waals surface area contributed by atoms with Crippen molar-refractivity contribution in [1.29, 1.82) is 0 Å². The van der Waals surface area contributed by atoms with E-state index in [-0.39, 0.29) is 28.6 Å². The van der Waals surface area contributed by atoms with Crippen molar-refractivity contribution in [2.45, 2.75) is 6.92 Å². The molecule has 3 aromatic carbocycles. The maximum Gasteiger partial charge on any atom is 0.335 e. The second kappa shape index (κ2) is 8.49. The minimum atomic E-state index is -1.05. The van der Waals surface area contributed by atoms with Crippen LogP contribution in [-0.2, 0) is 0 Å². The Morgan fingerprint density at radius 3 is 2.53 bits per heavy atom. The van der Waals surface area contributed by atoms with Gasteiger partial charge in [-0.25, -0.2) is 4.79 Å². The fourth-order valence-corrected chi connectivity index (χ4v) is 4.77. The molecule has 0 saturated carbocycles. The van der Waals surface area contributed by atoms with Gasteiger partial charge in [0.05, 0.1) is 11.1 Å². The van der Waals surface area contributed by atoms with Crippen molar-refractivity contribution in [2.24, 2.45) is 10.2 Å². The van der Waals surface area contributed by atoms with Crippen LogP contribution in [-0.4, -0.2) is 26.3 Å². The van der Waals surface area contributed by atoms with Crippen molar-refractivity contribution in [2.75, 3.05) is 0 Å². The molecule has 0 saturated heterocycles. The van der Waals surface area contributed by atoms with Crippen molar-refractivity contribution >= 4 is 39.6 Å². The molecule has 5 rings (SSSR count). The number of aromatic hydroxyl groups is 2. The molecule has 0 radical (unpaired) electrons. The van der Waals surface area contributed by atoms with Gasteiger partial charge < -0.3 is 20.3 Å².